The summed E-state index contributed by atoms with van der Waals surface area (Å²) in [6.07, 6.45) is -0.444. The average molecular weight is 472 g/mol. The summed E-state index contributed by atoms with van der Waals surface area (Å²) in [4.78, 5) is 21.2. The number of benzene rings is 2. The van der Waals surface area contributed by atoms with Crippen molar-refractivity contribution in [1.29, 1.82) is 5.26 Å². The maximum absolute atomic E-state index is 11.9. The van der Waals surface area contributed by atoms with Crippen LogP contribution in [0.3, 0.4) is 0 Å². The fourth-order valence-corrected chi connectivity index (χ4v) is 3.87. The van der Waals surface area contributed by atoms with E-state index in [1.165, 1.54) is 0 Å². The monoisotopic (exact) mass is 471 g/mol. The molecule has 0 saturated heterocycles. The van der Waals surface area contributed by atoms with Crippen LogP contribution in [0.25, 0.3) is 21.9 Å². The molecule has 0 unspecified atom stereocenters. The summed E-state index contributed by atoms with van der Waals surface area (Å²) in [6.45, 7) is 9.27. The standard InChI is InChI=1S/C27H29N5O3/c1-5-34-17-23-31-24-22(14-28)30-21-9-7-6-8-20(21)25(24)32(23)16-19-12-10-18(11-13-19)15-29-26(33)35-27(2,3)4/h6-13H,5,15-17H2,1-4H3,(H,29,33). The molecular formula is C27H29N5O3. The van der Waals surface area contributed by atoms with Gasteiger partial charge >= 0.3 is 6.09 Å². The number of ether oxygens (including phenoxy) is 2. The molecule has 0 aliphatic carbocycles. The van der Waals surface area contributed by atoms with Gasteiger partial charge in [-0.05, 0) is 44.9 Å². The Kier molecular flexibility index (Phi) is 6.99. The maximum Gasteiger partial charge on any atom is 0.407 e. The number of amides is 1. The van der Waals surface area contributed by atoms with E-state index in [0.29, 0.717) is 37.5 Å². The number of nitriles is 1. The highest BCUT2D eigenvalue weighted by molar-refractivity contribution is 6.04. The lowest BCUT2D eigenvalue weighted by molar-refractivity contribution is 0.0523. The van der Waals surface area contributed by atoms with Crippen LogP contribution in [0.1, 0.15) is 50.3 Å². The largest absolute Gasteiger partial charge is 0.444 e. The van der Waals surface area contributed by atoms with Gasteiger partial charge in [-0.3, -0.25) is 0 Å². The molecule has 0 bridgehead atoms. The zero-order valence-corrected chi connectivity index (χ0v) is 20.5. The Morgan fingerprint density at radius 1 is 1.09 bits per heavy atom. The molecule has 8 heteroatoms. The van der Waals surface area contributed by atoms with E-state index in [2.05, 4.69) is 20.9 Å². The summed E-state index contributed by atoms with van der Waals surface area (Å²) in [5, 5.41) is 13.4. The molecule has 0 spiro atoms. The summed E-state index contributed by atoms with van der Waals surface area (Å²) in [5.74, 6) is 0.743. The molecule has 8 nitrogen and oxygen atoms in total. The van der Waals surface area contributed by atoms with Gasteiger partial charge in [-0.15, -0.1) is 0 Å². The van der Waals surface area contributed by atoms with Crippen LogP contribution < -0.4 is 5.32 Å². The molecule has 0 aliphatic heterocycles. The van der Waals surface area contributed by atoms with Crippen LogP contribution >= 0.6 is 0 Å². The van der Waals surface area contributed by atoms with Crippen molar-refractivity contribution in [3.05, 3.63) is 71.2 Å². The van der Waals surface area contributed by atoms with Crippen molar-refractivity contribution in [1.82, 2.24) is 19.9 Å². The van der Waals surface area contributed by atoms with E-state index in [1.807, 2.05) is 76.2 Å². The van der Waals surface area contributed by atoms with Gasteiger partial charge in [-0.25, -0.2) is 14.8 Å². The van der Waals surface area contributed by atoms with Crippen molar-refractivity contribution >= 4 is 28.0 Å². The highest BCUT2D eigenvalue weighted by atomic mass is 16.6. The Hall–Kier alpha value is -3.96. The molecular weight excluding hydrogens is 442 g/mol. The molecule has 0 radical (unpaired) electrons. The van der Waals surface area contributed by atoms with Crippen LogP contribution in [0.4, 0.5) is 4.79 Å². The van der Waals surface area contributed by atoms with Crippen LogP contribution in [0.2, 0.25) is 0 Å². The normalized spacial score (nSPS) is 11.5. The highest BCUT2D eigenvalue weighted by Gasteiger charge is 2.19. The Morgan fingerprint density at radius 3 is 2.49 bits per heavy atom. The number of carbonyl (C=O) groups is 1. The summed E-state index contributed by atoms with van der Waals surface area (Å²) in [6, 6.07) is 18.0. The molecule has 2 aromatic carbocycles. The number of nitrogens with one attached hydrogen (secondary N) is 1. The SMILES string of the molecule is CCOCc1nc2c(C#N)nc3ccccc3c2n1Cc1ccc(CNC(=O)OC(C)(C)C)cc1. The van der Waals surface area contributed by atoms with Gasteiger partial charge < -0.3 is 19.4 Å². The number of imidazole rings is 1. The van der Waals surface area contributed by atoms with Crippen molar-refractivity contribution < 1.29 is 14.3 Å². The first-order valence-electron chi connectivity index (χ1n) is 11.6. The van der Waals surface area contributed by atoms with E-state index < -0.39 is 11.7 Å². The van der Waals surface area contributed by atoms with Gasteiger partial charge in [0.1, 0.15) is 29.6 Å². The van der Waals surface area contributed by atoms with E-state index in [1.54, 1.807) is 0 Å². The minimum Gasteiger partial charge on any atom is -0.444 e. The maximum atomic E-state index is 11.9. The van der Waals surface area contributed by atoms with E-state index in [4.69, 9.17) is 14.5 Å². The molecule has 0 saturated carbocycles. The predicted octanol–water partition coefficient (Wildman–Crippen LogP) is 5.07. The molecule has 1 N–H and O–H groups in total. The van der Waals surface area contributed by atoms with Crippen LogP contribution in [-0.2, 0) is 29.2 Å². The zero-order valence-electron chi connectivity index (χ0n) is 20.5. The summed E-state index contributed by atoms with van der Waals surface area (Å²) < 4.78 is 13.1. The first-order valence-corrected chi connectivity index (χ1v) is 11.6. The molecule has 180 valence electrons. The number of hydrogen-bond donors (Lipinski definition) is 1. The van der Waals surface area contributed by atoms with E-state index in [9.17, 15) is 10.1 Å². The Labute approximate surface area is 204 Å². The fraction of sp³-hybridized carbons (Fsp3) is 0.333. The number of aromatic nitrogens is 3. The number of pyridine rings is 1. The number of nitrogens with zero attached hydrogens (tertiary/aromatic N) is 4. The van der Waals surface area contributed by atoms with E-state index in [-0.39, 0.29) is 0 Å². The number of carbonyl (C=O) groups excluding carboxylic acids is 1. The van der Waals surface area contributed by atoms with Crippen molar-refractivity contribution in [3.8, 4) is 6.07 Å². The number of alkyl carbamates (subject to hydrolysis) is 1. The molecule has 0 aliphatic rings. The van der Waals surface area contributed by atoms with Gasteiger partial charge in [-0.1, -0.05) is 42.5 Å². The number of hydrogen-bond acceptors (Lipinski definition) is 6. The predicted molar refractivity (Wildman–Crippen MR) is 134 cm³/mol. The second kappa shape index (κ2) is 10.1. The lowest BCUT2D eigenvalue weighted by atomic mass is 10.1. The number of para-hydroxylation sites is 1. The number of fused-ring (bicyclic) bond motifs is 3. The van der Waals surface area contributed by atoms with E-state index in [0.717, 1.165) is 33.4 Å². The summed E-state index contributed by atoms with van der Waals surface area (Å²) in [5.41, 5.74) is 4.00. The molecule has 0 atom stereocenters. The molecule has 2 aromatic heterocycles. The van der Waals surface area contributed by atoms with Gasteiger partial charge in [0.2, 0.25) is 0 Å². The van der Waals surface area contributed by atoms with Crippen LogP contribution in [-0.4, -0.2) is 32.8 Å². The Morgan fingerprint density at radius 2 is 1.80 bits per heavy atom. The molecule has 2 heterocycles. The van der Waals surface area contributed by atoms with Gasteiger partial charge in [0, 0.05) is 25.1 Å². The smallest absolute Gasteiger partial charge is 0.407 e. The second-order valence-corrected chi connectivity index (χ2v) is 9.21. The van der Waals surface area contributed by atoms with Crippen LogP contribution in [0, 0.1) is 11.3 Å². The van der Waals surface area contributed by atoms with Gasteiger partial charge in [0.05, 0.1) is 11.0 Å². The van der Waals surface area contributed by atoms with Crippen molar-refractivity contribution in [2.45, 2.75) is 53.0 Å². The van der Waals surface area contributed by atoms with E-state index >= 15 is 0 Å². The van der Waals surface area contributed by atoms with Gasteiger partial charge in [0.25, 0.3) is 0 Å². The van der Waals surface area contributed by atoms with Crippen molar-refractivity contribution in [3.63, 3.8) is 0 Å². The van der Waals surface area contributed by atoms with Crippen LogP contribution in [0.5, 0.6) is 0 Å². The third-order valence-electron chi connectivity index (χ3n) is 5.40. The summed E-state index contributed by atoms with van der Waals surface area (Å²) >= 11 is 0. The Bertz CT molecular complexity index is 1400. The number of rotatable bonds is 7. The summed E-state index contributed by atoms with van der Waals surface area (Å²) in [7, 11) is 0. The Balaban J connectivity index is 1.65. The minimum absolute atomic E-state index is 0.304. The third-order valence-corrected chi connectivity index (χ3v) is 5.40. The van der Waals surface area contributed by atoms with Crippen molar-refractivity contribution in [2.24, 2.45) is 0 Å². The lowest BCUT2D eigenvalue weighted by Gasteiger charge is -2.19. The van der Waals surface area contributed by atoms with Crippen molar-refractivity contribution in [2.75, 3.05) is 6.61 Å². The quantitative estimate of drug-likeness (QED) is 0.404. The lowest BCUT2D eigenvalue weighted by Crippen LogP contribution is -2.32. The zero-order chi connectivity index (χ0) is 25.0. The van der Waals surface area contributed by atoms with Crippen LogP contribution in [0.15, 0.2) is 48.5 Å². The first kappa shape index (κ1) is 24.2. The second-order valence-electron chi connectivity index (χ2n) is 9.21. The minimum atomic E-state index is -0.536. The molecule has 0 fully saturated rings. The third kappa shape index (κ3) is 5.58. The molecule has 4 rings (SSSR count). The van der Waals surface area contributed by atoms with Gasteiger partial charge in [-0.2, -0.15) is 5.26 Å². The first-order chi connectivity index (χ1) is 16.8. The van der Waals surface area contributed by atoms with Gasteiger partial charge in [0.15, 0.2) is 5.69 Å². The molecule has 35 heavy (non-hydrogen) atoms. The molecule has 4 aromatic rings. The molecule has 1 amide bonds. The fourth-order valence-electron chi connectivity index (χ4n) is 3.87. The topological polar surface area (TPSA) is 102 Å². The average Bonchev–Trinajstić information content (AvgIpc) is 3.19. The highest BCUT2D eigenvalue weighted by Crippen LogP contribution is 2.28.